The molecule has 1 aromatic carbocycles. The van der Waals surface area contributed by atoms with Crippen molar-refractivity contribution in [3.05, 3.63) is 12.1 Å². The molecule has 0 atom stereocenters. The summed E-state index contributed by atoms with van der Waals surface area (Å²) in [7, 11) is 3.29. The first-order chi connectivity index (χ1) is 10.1. The quantitative estimate of drug-likeness (QED) is 0.841. The molecule has 0 unspecified atom stereocenters. The molecular weight excluding hydrogens is 264 g/mol. The summed E-state index contributed by atoms with van der Waals surface area (Å²) in [5, 5.41) is 0. The topological polar surface area (TPSA) is 47.7 Å². The van der Waals surface area contributed by atoms with E-state index in [1.807, 2.05) is 12.1 Å². The summed E-state index contributed by atoms with van der Waals surface area (Å²) in [5.74, 6) is 1.43. The SMILES string of the molecule is CCC1(CC)CCN(c2cc(OC)c(OC)cc2N)CC1. The monoisotopic (exact) mass is 292 g/mol. The summed E-state index contributed by atoms with van der Waals surface area (Å²) in [6.07, 6.45) is 4.99. The number of rotatable bonds is 5. The third-order valence-electron chi connectivity index (χ3n) is 5.20. The van der Waals surface area contributed by atoms with Gasteiger partial charge in [0.1, 0.15) is 0 Å². The Balaban J connectivity index is 2.20. The minimum absolute atomic E-state index is 0.516. The van der Waals surface area contributed by atoms with Crippen molar-refractivity contribution < 1.29 is 9.47 Å². The van der Waals surface area contributed by atoms with Gasteiger partial charge in [-0.1, -0.05) is 26.7 Å². The Morgan fingerprint density at radius 1 is 1.05 bits per heavy atom. The molecule has 0 aromatic heterocycles. The van der Waals surface area contributed by atoms with Gasteiger partial charge in [0.15, 0.2) is 11.5 Å². The smallest absolute Gasteiger partial charge is 0.162 e. The van der Waals surface area contributed by atoms with Gasteiger partial charge < -0.3 is 20.1 Å². The van der Waals surface area contributed by atoms with Gasteiger partial charge in [-0.15, -0.1) is 0 Å². The van der Waals surface area contributed by atoms with E-state index in [9.17, 15) is 0 Å². The first kappa shape index (κ1) is 15.8. The second kappa shape index (κ2) is 6.46. The fourth-order valence-corrected chi connectivity index (χ4v) is 3.34. The van der Waals surface area contributed by atoms with Crippen molar-refractivity contribution in [3.63, 3.8) is 0 Å². The van der Waals surface area contributed by atoms with E-state index in [0.29, 0.717) is 11.2 Å². The van der Waals surface area contributed by atoms with Gasteiger partial charge >= 0.3 is 0 Å². The number of hydrogen-bond acceptors (Lipinski definition) is 4. The number of methoxy groups -OCH3 is 2. The van der Waals surface area contributed by atoms with E-state index in [1.165, 1.54) is 25.7 Å². The molecule has 1 aromatic rings. The maximum absolute atomic E-state index is 6.21. The molecular formula is C17H28N2O2. The molecule has 1 heterocycles. The molecule has 4 heteroatoms. The first-order valence-corrected chi connectivity index (χ1v) is 7.85. The number of ether oxygens (including phenoxy) is 2. The molecule has 0 saturated carbocycles. The van der Waals surface area contributed by atoms with Crippen LogP contribution in [0.3, 0.4) is 0 Å². The van der Waals surface area contributed by atoms with Crippen LogP contribution >= 0.6 is 0 Å². The van der Waals surface area contributed by atoms with Crippen molar-refractivity contribution in [2.45, 2.75) is 39.5 Å². The van der Waals surface area contributed by atoms with Crippen LogP contribution in [-0.4, -0.2) is 27.3 Å². The Labute approximate surface area is 128 Å². The molecule has 4 nitrogen and oxygen atoms in total. The van der Waals surface area contributed by atoms with Crippen LogP contribution < -0.4 is 20.1 Å². The number of nitrogen functional groups attached to an aromatic ring is 1. The molecule has 2 N–H and O–H groups in total. The van der Waals surface area contributed by atoms with Crippen molar-refractivity contribution in [1.29, 1.82) is 0 Å². The molecule has 1 saturated heterocycles. The van der Waals surface area contributed by atoms with Crippen molar-refractivity contribution in [2.75, 3.05) is 37.9 Å². The summed E-state index contributed by atoms with van der Waals surface area (Å²) < 4.78 is 10.7. The largest absolute Gasteiger partial charge is 0.493 e. The van der Waals surface area contributed by atoms with Crippen LogP contribution in [0.25, 0.3) is 0 Å². The number of anilines is 2. The van der Waals surface area contributed by atoms with Crippen molar-refractivity contribution in [1.82, 2.24) is 0 Å². The molecule has 21 heavy (non-hydrogen) atoms. The van der Waals surface area contributed by atoms with Crippen LogP contribution in [0.5, 0.6) is 11.5 Å². The highest BCUT2D eigenvalue weighted by molar-refractivity contribution is 5.73. The van der Waals surface area contributed by atoms with Gasteiger partial charge in [0, 0.05) is 25.2 Å². The van der Waals surface area contributed by atoms with E-state index in [0.717, 1.165) is 30.2 Å². The van der Waals surface area contributed by atoms with E-state index in [2.05, 4.69) is 18.7 Å². The molecule has 0 amide bonds. The fourth-order valence-electron chi connectivity index (χ4n) is 3.34. The lowest BCUT2D eigenvalue weighted by Gasteiger charge is -2.42. The molecule has 1 fully saturated rings. The third kappa shape index (κ3) is 3.04. The molecule has 0 aliphatic carbocycles. The van der Waals surface area contributed by atoms with Gasteiger partial charge in [0.25, 0.3) is 0 Å². The lowest BCUT2D eigenvalue weighted by Crippen LogP contribution is -2.39. The normalized spacial score (nSPS) is 17.6. The standard InChI is InChI=1S/C17H28N2O2/c1-5-17(6-2)7-9-19(10-8-17)14-12-16(21-4)15(20-3)11-13(14)18/h11-12H,5-10,18H2,1-4H3. The van der Waals surface area contributed by atoms with Gasteiger partial charge in [-0.25, -0.2) is 0 Å². The third-order valence-corrected chi connectivity index (χ3v) is 5.20. The predicted octanol–water partition coefficient (Wildman–Crippen LogP) is 3.69. The number of benzene rings is 1. The predicted molar refractivity (Wildman–Crippen MR) is 88.4 cm³/mol. The lowest BCUT2D eigenvalue weighted by atomic mass is 9.74. The molecule has 2 rings (SSSR count). The Morgan fingerprint density at radius 2 is 1.57 bits per heavy atom. The van der Waals surface area contributed by atoms with Gasteiger partial charge in [-0.3, -0.25) is 0 Å². The molecule has 1 aliphatic heterocycles. The van der Waals surface area contributed by atoms with Crippen molar-refractivity contribution in [2.24, 2.45) is 5.41 Å². The Bertz CT molecular complexity index is 474. The Kier molecular flexibility index (Phi) is 4.86. The lowest BCUT2D eigenvalue weighted by molar-refractivity contribution is 0.199. The van der Waals surface area contributed by atoms with Crippen LogP contribution in [0.1, 0.15) is 39.5 Å². The molecule has 0 radical (unpaired) electrons. The van der Waals surface area contributed by atoms with Gasteiger partial charge in [0.05, 0.1) is 25.6 Å². The number of piperidine rings is 1. The van der Waals surface area contributed by atoms with Crippen LogP contribution in [0, 0.1) is 5.41 Å². The fraction of sp³-hybridized carbons (Fsp3) is 0.647. The van der Waals surface area contributed by atoms with Crippen LogP contribution in [0.2, 0.25) is 0 Å². The van der Waals surface area contributed by atoms with E-state index >= 15 is 0 Å². The second-order valence-corrected chi connectivity index (χ2v) is 5.96. The highest BCUT2D eigenvalue weighted by Gasteiger charge is 2.32. The van der Waals surface area contributed by atoms with Crippen LogP contribution in [0.15, 0.2) is 12.1 Å². The minimum Gasteiger partial charge on any atom is -0.493 e. The molecule has 118 valence electrons. The minimum atomic E-state index is 0.516. The number of nitrogens with zero attached hydrogens (tertiary/aromatic N) is 1. The first-order valence-electron chi connectivity index (χ1n) is 7.85. The van der Waals surface area contributed by atoms with E-state index in [1.54, 1.807) is 14.2 Å². The average molecular weight is 292 g/mol. The maximum atomic E-state index is 6.21. The average Bonchev–Trinajstić information content (AvgIpc) is 2.54. The van der Waals surface area contributed by atoms with E-state index in [4.69, 9.17) is 15.2 Å². The summed E-state index contributed by atoms with van der Waals surface area (Å²) in [6.45, 7) is 6.73. The van der Waals surface area contributed by atoms with Crippen molar-refractivity contribution >= 4 is 11.4 Å². The van der Waals surface area contributed by atoms with E-state index < -0.39 is 0 Å². The van der Waals surface area contributed by atoms with Crippen LogP contribution in [0.4, 0.5) is 11.4 Å². The summed E-state index contributed by atoms with van der Waals surface area (Å²) >= 11 is 0. The molecule has 1 aliphatic rings. The van der Waals surface area contributed by atoms with Gasteiger partial charge in [-0.05, 0) is 18.3 Å². The zero-order valence-corrected chi connectivity index (χ0v) is 13.7. The highest BCUT2D eigenvalue weighted by atomic mass is 16.5. The summed E-state index contributed by atoms with van der Waals surface area (Å²) in [4.78, 5) is 2.38. The highest BCUT2D eigenvalue weighted by Crippen LogP contribution is 2.42. The zero-order valence-electron chi connectivity index (χ0n) is 13.7. The van der Waals surface area contributed by atoms with Crippen LogP contribution in [-0.2, 0) is 0 Å². The van der Waals surface area contributed by atoms with Gasteiger partial charge in [0.2, 0.25) is 0 Å². The molecule has 0 spiro atoms. The Morgan fingerprint density at radius 3 is 2.05 bits per heavy atom. The zero-order chi connectivity index (χ0) is 15.5. The van der Waals surface area contributed by atoms with Gasteiger partial charge in [-0.2, -0.15) is 0 Å². The number of hydrogen-bond donors (Lipinski definition) is 1. The van der Waals surface area contributed by atoms with E-state index in [-0.39, 0.29) is 0 Å². The second-order valence-electron chi connectivity index (χ2n) is 5.96. The molecule has 0 bridgehead atoms. The summed E-state index contributed by atoms with van der Waals surface area (Å²) in [6, 6.07) is 3.86. The van der Waals surface area contributed by atoms with Crippen molar-refractivity contribution in [3.8, 4) is 11.5 Å². The maximum Gasteiger partial charge on any atom is 0.162 e. The summed E-state index contributed by atoms with van der Waals surface area (Å²) in [5.41, 5.74) is 8.54. The Hall–Kier alpha value is -1.58. The number of nitrogens with two attached hydrogens (primary N) is 1.